The molecule has 0 fully saturated rings. The first kappa shape index (κ1) is 21.7. The molecule has 2 amide bonds. The molecule has 0 saturated carbocycles. The topological polar surface area (TPSA) is 84.5 Å². The van der Waals surface area contributed by atoms with Crippen molar-refractivity contribution in [2.75, 3.05) is 17.2 Å². The first-order valence-electron chi connectivity index (χ1n) is 8.68. The minimum atomic E-state index is -0.647. The molecule has 2 aromatic rings. The van der Waals surface area contributed by atoms with E-state index in [9.17, 15) is 14.4 Å². The summed E-state index contributed by atoms with van der Waals surface area (Å²) in [5.41, 5.74) is 2.03. The maximum atomic E-state index is 11.9. The van der Waals surface area contributed by atoms with E-state index in [0.717, 1.165) is 12.0 Å². The quantitative estimate of drug-likeness (QED) is 0.615. The number of halogens is 2. The largest absolute Gasteiger partial charge is 0.456 e. The molecule has 2 rings (SSSR count). The van der Waals surface area contributed by atoms with Crippen LogP contribution in [-0.4, -0.2) is 24.4 Å². The Morgan fingerprint density at radius 1 is 0.893 bits per heavy atom. The van der Waals surface area contributed by atoms with Crippen LogP contribution in [0.15, 0.2) is 42.5 Å². The first-order chi connectivity index (χ1) is 13.4. The van der Waals surface area contributed by atoms with Gasteiger partial charge in [0.1, 0.15) is 0 Å². The second kappa shape index (κ2) is 10.7. The molecule has 0 aliphatic carbocycles. The molecular formula is C20H20Cl2N2O4. The molecule has 0 bridgehead atoms. The highest BCUT2D eigenvalue weighted by Crippen LogP contribution is 2.29. The highest BCUT2D eigenvalue weighted by molar-refractivity contribution is 6.44. The van der Waals surface area contributed by atoms with Crippen LogP contribution in [-0.2, 0) is 25.5 Å². The minimum absolute atomic E-state index is 0.109. The molecule has 8 heteroatoms. The van der Waals surface area contributed by atoms with Crippen molar-refractivity contribution in [1.82, 2.24) is 0 Å². The minimum Gasteiger partial charge on any atom is -0.456 e. The van der Waals surface area contributed by atoms with Crippen molar-refractivity contribution in [2.45, 2.75) is 26.2 Å². The number of benzene rings is 2. The Bertz CT molecular complexity index is 871. The van der Waals surface area contributed by atoms with Crippen molar-refractivity contribution in [3.8, 4) is 0 Å². The van der Waals surface area contributed by atoms with Gasteiger partial charge in [-0.05, 0) is 30.2 Å². The Morgan fingerprint density at radius 3 is 2.32 bits per heavy atom. The molecular weight excluding hydrogens is 403 g/mol. The lowest BCUT2D eigenvalue weighted by Crippen LogP contribution is -2.22. The van der Waals surface area contributed by atoms with Crippen LogP contribution in [0.2, 0.25) is 10.0 Å². The predicted molar refractivity (Wildman–Crippen MR) is 110 cm³/mol. The van der Waals surface area contributed by atoms with Gasteiger partial charge in [-0.15, -0.1) is 0 Å². The molecule has 0 aliphatic rings. The lowest BCUT2D eigenvalue weighted by molar-refractivity contribution is -0.147. The Kier molecular flexibility index (Phi) is 8.29. The maximum absolute atomic E-state index is 11.9. The monoisotopic (exact) mass is 422 g/mol. The average molecular weight is 423 g/mol. The average Bonchev–Trinajstić information content (AvgIpc) is 2.68. The molecule has 0 radical (unpaired) electrons. The zero-order valence-electron chi connectivity index (χ0n) is 15.3. The molecule has 0 atom stereocenters. The van der Waals surface area contributed by atoms with Crippen molar-refractivity contribution in [2.24, 2.45) is 0 Å². The van der Waals surface area contributed by atoms with Crippen LogP contribution in [0.5, 0.6) is 0 Å². The van der Waals surface area contributed by atoms with Crippen LogP contribution in [0, 0.1) is 0 Å². The molecule has 0 aromatic heterocycles. The van der Waals surface area contributed by atoms with Crippen molar-refractivity contribution < 1.29 is 19.1 Å². The molecule has 0 heterocycles. The van der Waals surface area contributed by atoms with Gasteiger partial charge in [-0.3, -0.25) is 14.4 Å². The smallest absolute Gasteiger partial charge is 0.306 e. The Hall–Kier alpha value is -2.57. The van der Waals surface area contributed by atoms with E-state index in [1.54, 1.807) is 24.3 Å². The summed E-state index contributed by atoms with van der Waals surface area (Å²) in [5.74, 6) is -1.50. The number of carbonyl (C=O) groups excluding carboxylic acids is 3. The maximum Gasteiger partial charge on any atom is 0.306 e. The normalized spacial score (nSPS) is 10.2. The molecule has 2 aromatic carbocycles. The van der Waals surface area contributed by atoms with Gasteiger partial charge in [-0.2, -0.15) is 0 Å². The van der Waals surface area contributed by atoms with Crippen molar-refractivity contribution in [3.05, 3.63) is 58.1 Å². The number of hydrogen-bond donors (Lipinski definition) is 2. The Morgan fingerprint density at radius 2 is 1.57 bits per heavy atom. The summed E-state index contributed by atoms with van der Waals surface area (Å²) in [6.07, 6.45) is 0.493. The van der Waals surface area contributed by atoms with E-state index in [2.05, 4.69) is 10.6 Å². The SMILES string of the molecule is CCc1ccccc1NC(=O)COC(=O)CCC(=O)Nc1cccc(Cl)c1Cl. The fraction of sp³-hybridized carbons (Fsp3) is 0.250. The Labute approximate surface area is 173 Å². The molecule has 0 aliphatic heterocycles. The lowest BCUT2D eigenvalue weighted by Gasteiger charge is -2.10. The van der Waals surface area contributed by atoms with E-state index < -0.39 is 24.4 Å². The van der Waals surface area contributed by atoms with Crippen LogP contribution in [0.1, 0.15) is 25.3 Å². The number of anilines is 2. The van der Waals surface area contributed by atoms with Crippen LogP contribution in [0.25, 0.3) is 0 Å². The van der Waals surface area contributed by atoms with E-state index in [1.807, 2.05) is 25.1 Å². The molecule has 2 N–H and O–H groups in total. The van der Waals surface area contributed by atoms with Crippen LogP contribution in [0.4, 0.5) is 11.4 Å². The van der Waals surface area contributed by atoms with E-state index in [0.29, 0.717) is 16.4 Å². The molecule has 28 heavy (non-hydrogen) atoms. The summed E-state index contributed by atoms with van der Waals surface area (Å²) in [5, 5.41) is 5.82. The molecule has 6 nitrogen and oxygen atoms in total. The fourth-order valence-corrected chi connectivity index (χ4v) is 2.73. The summed E-state index contributed by atoms with van der Waals surface area (Å²) >= 11 is 11.9. The van der Waals surface area contributed by atoms with Crippen molar-refractivity contribution in [3.63, 3.8) is 0 Å². The molecule has 0 saturated heterocycles. The van der Waals surface area contributed by atoms with Gasteiger partial charge in [0, 0.05) is 12.1 Å². The summed E-state index contributed by atoms with van der Waals surface area (Å²) in [6.45, 7) is 1.56. The van der Waals surface area contributed by atoms with E-state index in [4.69, 9.17) is 27.9 Å². The number of nitrogens with one attached hydrogen (secondary N) is 2. The van der Waals surface area contributed by atoms with Gasteiger partial charge in [0.15, 0.2) is 6.61 Å². The number of amides is 2. The van der Waals surface area contributed by atoms with Crippen LogP contribution < -0.4 is 10.6 Å². The molecule has 148 valence electrons. The number of aryl methyl sites for hydroxylation is 1. The van der Waals surface area contributed by atoms with Crippen LogP contribution >= 0.6 is 23.2 Å². The third-order valence-corrected chi connectivity index (χ3v) is 4.64. The van der Waals surface area contributed by atoms with Gasteiger partial charge in [-0.25, -0.2) is 0 Å². The van der Waals surface area contributed by atoms with Gasteiger partial charge in [0.25, 0.3) is 5.91 Å². The summed E-state index contributed by atoms with van der Waals surface area (Å²) in [4.78, 5) is 35.6. The number of hydrogen-bond acceptors (Lipinski definition) is 4. The number of para-hydroxylation sites is 1. The van der Waals surface area contributed by atoms with Gasteiger partial charge in [0.2, 0.25) is 5.91 Å². The van der Waals surface area contributed by atoms with E-state index in [-0.39, 0.29) is 17.9 Å². The number of esters is 1. The van der Waals surface area contributed by atoms with Crippen LogP contribution in [0.3, 0.4) is 0 Å². The zero-order chi connectivity index (χ0) is 20.5. The van der Waals surface area contributed by atoms with Gasteiger partial charge >= 0.3 is 5.97 Å². The number of ether oxygens (including phenoxy) is 1. The number of carbonyl (C=O) groups is 3. The summed E-state index contributed by atoms with van der Waals surface area (Å²) in [7, 11) is 0. The highest BCUT2D eigenvalue weighted by atomic mass is 35.5. The first-order valence-corrected chi connectivity index (χ1v) is 9.43. The molecule has 0 unspecified atom stereocenters. The highest BCUT2D eigenvalue weighted by Gasteiger charge is 2.13. The second-order valence-corrected chi connectivity index (χ2v) is 6.65. The van der Waals surface area contributed by atoms with Gasteiger partial charge in [-0.1, -0.05) is 54.4 Å². The van der Waals surface area contributed by atoms with Gasteiger partial charge < -0.3 is 15.4 Å². The Balaban J connectivity index is 1.74. The van der Waals surface area contributed by atoms with Gasteiger partial charge in [0.05, 0.1) is 22.2 Å². The fourth-order valence-electron chi connectivity index (χ4n) is 2.38. The third-order valence-electron chi connectivity index (χ3n) is 3.82. The summed E-state index contributed by atoms with van der Waals surface area (Å²) in [6, 6.07) is 12.2. The van der Waals surface area contributed by atoms with E-state index >= 15 is 0 Å². The summed E-state index contributed by atoms with van der Waals surface area (Å²) < 4.78 is 4.91. The second-order valence-electron chi connectivity index (χ2n) is 5.87. The van der Waals surface area contributed by atoms with Crippen molar-refractivity contribution in [1.29, 1.82) is 0 Å². The number of rotatable bonds is 8. The third kappa shape index (κ3) is 6.55. The molecule has 0 spiro atoms. The zero-order valence-corrected chi connectivity index (χ0v) is 16.8. The predicted octanol–water partition coefficient (Wildman–Crippen LogP) is 4.46. The lowest BCUT2D eigenvalue weighted by atomic mass is 10.1. The standard InChI is InChI=1S/C20H20Cl2N2O4/c1-2-13-6-3-4-8-15(13)23-18(26)12-28-19(27)11-10-17(25)24-16-9-5-7-14(21)20(16)22/h3-9H,2,10-12H2,1H3,(H,23,26)(H,24,25). The van der Waals surface area contributed by atoms with E-state index in [1.165, 1.54) is 0 Å². The van der Waals surface area contributed by atoms with Crippen molar-refractivity contribution >= 4 is 52.4 Å².